The molecule has 1 aromatic carbocycles. The van der Waals surface area contributed by atoms with Gasteiger partial charge in [0.05, 0.1) is 0 Å². The van der Waals surface area contributed by atoms with Crippen LogP contribution in [0.15, 0.2) is 36.9 Å². The molecule has 0 spiro atoms. The molecular formula is C25H37F. The summed E-state index contributed by atoms with van der Waals surface area (Å²) < 4.78 is 13.1. The minimum absolute atomic E-state index is 0.113. The number of benzene rings is 1. The van der Waals surface area contributed by atoms with Crippen molar-refractivity contribution in [2.75, 3.05) is 0 Å². The van der Waals surface area contributed by atoms with Crippen LogP contribution in [0.4, 0.5) is 4.39 Å². The molecule has 0 amide bonds. The van der Waals surface area contributed by atoms with E-state index in [0.717, 1.165) is 17.8 Å². The minimum Gasteiger partial charge on any atom is -0.207 e. The van der Waals surface area contributed by atoms with Gasteiger partial charge in [-0.2, -0.15) is 0 Å². The van der Waals surface area contributed by atoms with Crippen LogP contribution in [0.5, 0.6) is 0 Å². The van der Waals surface area contributed by atoms with Crippen molar-refractivity contribution in [2.45, 2.75) is 89.4 Å². The zero-order valence-electron chi connectivity index (χ0n) is 16.5. The first-order valence-electron chi connectivity index (χ1n) is 11.1. The topological polar surface area (TPSA) is 0 Å². The summed E-state index contributed by atoms with van der Waals surface area (Å²) >= 11 is 0. The molecule has 2 fully saturated rings. The highest BCUT2D eigenvalue weighted by Crippen LogP contribution is 2.40. The van der Waals surface area contributed by atoms with Crippen molar-refractivity contribution in [3.8, 4) is 0 Å². The van der Waals surface area contributed by atoms with Gasteiger partial charge < -0.3 is 0 Å². The molecule has 1 heteroatoms. The Labute approximate surface area is 160 Å². The second kappa shape index (κ2) is 10.3. The van der Waals surface area contributed by atoms with Crippen LogP contribution < -0.4 is 0 Å². The Morgan fingerprint density at radius 2 is 1.27 bits per heavy atom. The predicted molar refractivity (Wildman–Crippen MR) is 110 cm³/mol. The van der Waals surface area contributed by atoms with E-state index in [2.05, 4.69) is 12.7 Å². The maximum absolute atomic E-state index is 13.1. The molecule has 0 bridgehead atoms. The van der Waals surface area contributed by atoms with Gasteiger partial charge in [0, 0.05) is 0 Å². The Bertz CT molecular complexity index is 516. The fourth-order valence-corrected chi connectivity index (χ4v) is 5.35. The molecule has 144 valence electrons. The van der Waals surface area contributed by atoms with Gasteiger partial charge in [0.2, 0.25) is 0 Å². The lowest BCUT2D eigenvalue weighted by Gasteiger charge is -2.32. The summed E-state index contributed by atoms with van der Waals surface area (Å²) in [5.41, 5.74) is 1.35. The van der Waals surface area contributed by atoms with Crippen LogP contribution in [0.3, 0.4) is 0 Å². The van der Waals surface area contributed by atoms with Crippen LogP contribution in [0.2, 0.25) is 0 Å². The zero-order chi connectivity index (χ0) is 18.2. The molecule has 0 atom stereocenters. The summed E-state index contributed by atoms with van der Waals surface area (Å²) in [6.45, 7) is 3.83. The van der Waals surface area contributed by atoms with Gasteiger partial charge in [-0.25, -0.2) is 4.39 Å². The lowest BCUT2D eigenvalue weighted by Crippen LogP contribution is -2.17. The van der Waals surface area contributed by atoms with Crippen molar-refractivity contribution < 1.29 is 4.39 Å². The van der Waals surface area contributed by atoms with E-state index < -0.39 is 0 Å². The fourth-order valence-electron chi connectivity index (χ4n) is 5.35. The van der Waals surface area contributed by atoms with Gasteiger partial charge in [0.1, 0.15) is 5.82 Å². The SMILES string of the molecule is C=CCCCC1CCC(CCC2CCC(c3ccc(F)cc3)CC2)CC1. The molecule has 2 aliphatic rings. The smallest absolute Gasteiger partial charge is 0.123 e. The van der Waals surface area contributed by atoms with E-state index in [0.29, 0.717) is 5.92 Å². The Morgan fingerprint density at radius 1 is 0.769 bits per heavy atom. The van der Waals surface area contributed by atoms with Crippen LogP contribution in [0, 0.1) is 23.6 Å². The molecule has 26 heavy (non-hydrogen) atoms. The van der Waals surface area contributed by atoms with E-state index in [1.54, 1.807) is 12.1 Å². The van der Waals surface area contributed by atoms with Crippen molar-refractivity contribution in [3.63, 3.8) is 0 Å². The predicted octanol–water partition coefficient (Wildman–Crippen LogP) is 8.04. The van der Waals surface area contributed by atoms with Gasteiger partial charge in [-0.15, -0.1) is 6.58 Å². The van der Waals surface area contributed by atoms with Crippen LogP contribution in [0.1, 0.15) is 95.0 Å². The number of halogens is 1. The first kappa shape index (κ1) is 19.6. The number of rotatable bonds is 8. The standard InChI is InChI=1S/C25H37F/c1-2-3-4-5-20-6-8-21(9-7-20)10-11-22-12-14-23(15-13-22)24-16-18-25(26)19-17-24/h2,16-23H,1,3-15H2. The van der Waals surface area contributed by atoms with Crippen LogP contribution in [-0.4, -0.2) is 0 Å². The first-order chi connectivity index (χ1) is 12.7. The second-order valence-electron chi connectivity index (χ2n) is 8.95. The number of allylic oxidation sites excluding steroid dienone is 1. The van der Waals surface area contributed by atoms with E-state index in [9.17, 15) is 4.39 Å². The third-order valence-electron chi connectivity index (χ3n) is 7.16. The Balaban J connectivity index is 1.31. The Hall–Kier alpha value is -1.11. The van der Waals surface area contributed by atoms with Crippen molar-refractivity contribution in [1.29, 1.82) is 0 Å². The quantitative estimate of drug-likeness (QED) is 0.326. The summed E-state index contributed by atoms with van der Waals surface area (Å²) in [6, 6.07) is 7.23. The Morgan fingerprint density at radius 3 is 1.81 bits per heavy atom. The molecule has 0 nitrogen and oxygen atoms in total. The average molecular weight is 357 g/mol. The zero-order valence-corrected chi connectivity index (χ0v) is 16.5. The van der Waals surface area contributed by atoms with Gasteiger partial charge >= 0.3 is 0 Å². The molecule has 0 aromatic heterocycles. The average Bonchev–Trinajstić information content (AvgIpc) is 2.69. The summed E-state index contributed by atoms with van der Waals surface area (Å²) in [4.78, 5) is 0. The van der Waals surface area contributed by atoms with E-state index in [4.69, 9.17) is 0 Å². The van der Waals surface area contributed by atoms with Crippen molar-refractivity contribution in [1.82, 2.24) is 0 Å². The van der Waals surface area contributed by atoms with Crippen molar-refractivity contribution >= 4 is 0 Å². The summed E-state index contributed by atoms with van der Waals surface area (Å²) in [5, 5.41) is 0. The minimum atomic E-state index is -0.113. The third-order valence-corrected chi connectivity index (χ3v) is 7.16. The molecule has 2 saturated carbocycles. The summed E-state index contributed by atoms with van der Waals surface area (Å²) in [7, 11) is 0. The van der Waals surface area contributed by atoms with Gasteiger partial charge in [-0.1, -0.05) is 63.2 Å². The lowest BCUT2D eigenvalue weighted by molar-refractivity contribution is 0.223. The molecule has 0 radical (unpaired) electrons. The largest absolute Gasteiger partial charge is 0.207 e. The van der Waals surface area contributed by atoms with Gasteiger partial charge in [0.25, 0.3) is 0 Å². The molecule has 0 N–H and O–H groups in total. The van der Waals surface area contributed by atoms with E-state index >= 15 is 0 Å². The molecule has 1 aromatic rings. The third kappa shape index (κ3) is 5.96. The van der Waals surface area contributed by atoms with E-state index in [1.165, 1.54) is 89.0 Å². The second-order valence-corrected chi connectivity index (χ2v) is 8.95. The highest BCUT2D eigenvalue weighted by Gasteiger charge is 2.25. The summed E-state index contributed by atoms with van der Waals surface area (Å²) in [5.74, 6) is 3.49. The highest BCUT2D eigenvalue weighted by atomic mass is 19.1. The van der Waals surface area contributed by atoms with Crippen molar-refractivity contribution in [3.05, 3.63) is 48.3 Å². The van der Waals surface area contributed by atoms with Gasteiger partial charge in [-0.3, -0.25) is 0 Å². The molecule has 0 unspecified atom stereocenters. The van der Waals surface area contributed by atoms with Gasteiger partial charge in [-0.05, 0) is 79.9 Å². The van der Waals surface area contributed by atoms with Crippen molar-refractivity contribution in [2.24, 2.45) is 17.8 Å². The monoisotopic (exact) mass is 356 g/mol. The maximum atomic E-state index is 13.1. The number of unbranched alkanes of at least 4 members (excludes halogenated alkanes) is 1. The Kier molecular flexibility index (Phi) is 7.77. The first-order valence-corrected chi connectivity index (χ1v) is 11.1. The highest BCUT2D eigenvalue weighted by molar-refractivity contribution is 5.20. The summed E-state index contributed by atoms with van der Waals surface area (Å²) in [6.07, 6.45) is 20.2. The van der Waals surface area contributed by atoms with Crippen LogP contribution >= 0.6 is 0 Å². The fraction of sp³-hybridized carbons (Fsp3) is 0.680. The van der Waals surface area contributed by atoms with Crippen LogP contribution in [0.25, 0.3) is 0 Å². The molecule has 0 saturated heterocycles. The molecule has 0 heterocycles. The number of hydrogen-bond acceptors (Lipinski definition) is 0. The van der Waals surface area contributed by atoms with E-state index in [-0.39, 0.29) is 5.82 Å². The number of hydrogen-bond donors (Lipinski definition) is 0. The molecular weight excluding hydrogens is 319 g/mol. The van der Waals surface area contributed by atoms with E-state index in [1.807, 2.05) is 12.1 Å². The maximum Gasteiger partial charge on any atom is 0.123 e. The molecule has 0 aliphatic heterocycles. The lowest BCUT2D eigenvalue weighted by atomic mass is 9.74. The normalized spacial score (nSPS) is 29.4. The van der Waals surface area contributed by atoms with Gasteiger partial charge in [0.15, 0.2) is 0 Å². The molecule has 3 rings (SSSR count). The van der Waals surface area contributed by atoms with Crippen LogP contribution in [-0.2, 0) is 0 Å². The molecule has 2 aliphatic carbocycles.